The molecule has 118 valence electrons. The van der Waals surface area contributed by atoms with Crippen LogP contribution in [0.4, 0.5) is 5.69 Å². The third-order valence-corrected chi connectivity index (χ3v) is 3.53. The van der Waals surface area contributed by atoms with E-state index in [4.69, 9.17) is 4.74 Å². The van der Waals surface area contributed by atoms with Gasteiger partial charge in [-0.1, -0.05) is 18.2 Å². The number of aromatic nitrogens is 2. The zero-order valence-electron chi connectivity index (χ0n) is 12.7. The number of carbonyl (C=O) groups excluding carboxylic acids is 1. The van der Waals surface area contributed by atoms with Crippen molar-refractivity contribution in [2.75, 3.05) is 11.9 Å². The van der Waals surface area contributed by atoms with Crippen molar-refractivity contribution >= 4 is 22.6 Å². The van der Waals surface area contributed by atoms with Gasteiger partial charge < -0.3 is 15.0 Å². The Morgan fingerprint density at radius 3 is 2.78 bits per heavy atom. The van der Waals surface area contributed by atoms with E-state index in [1.54, 1.807) is 25.2 Å². The van der Waals surface area contributed by atoms with E-state index in [1.165, 1.54) is 4.57 Å². The summed E-state index contributed by atoms with van der Waals surface area (Å²) in [6.45, 7) is 0.306. The highest BCUT2D eigenvalue weighted by atomic mass is 16.5. The zero-order chi connectivity index (χ0) is 16.2. The van der Waals surface area contributed by atoms with E-state index in [0.29, 0.717) is 17.8 Å². The van der Waals surface area contributed by atoms with Crippen molar-refractivity contribution < 1.29 is 9.53 Å². The fraction of sp³-hybridized carbons (Fsp3) is 0.176. The van der Waals surface area contributed by atoms with Crippen molar-refractivity contribution in [3.8, 4) is 5.75 Å². The molecule has 6 nitrogen and oxygen atoms in total. The molecule has 1 amide bonds. The molecule has 0 fully saturated rings. The molecule has 0 radical (unpaired) electrons. The lowest BCUT2D eigenvalue weighted by molar-refractivity contribution is -0.116. The second-order valence-electron chi connectivity index (χ2n) is 5.18. The van der Waals surface area contributed by atoms with Crippen LogP contribution in [0, 0.1) is 0 Å². The first kappa shape index (κ1) is 14.9. The fourth-order valence-corrected chi connectivity index (χ4v) is 2.32. The molecule has 0 spiro atoms. The van der Waals surface area contributed by atoms with Crippen LogP contribution in [0.5, 0.6) is 5.75 Å². The number of anilines is 1. The number of fused-ring (bicyclic) bond motifs is 1. The van der Waals surface area contributed by atoms with Gasteiger partial charge >= 0.3 is 5.69 Å². The summed E-state index contributed by atoms with van der Waals surface area (Å²) in [6.07, 6.45) is 0.248. The lowest BCUT2D eigenvalue weighted by atomic mass is 10.2. The third kappa shape index (κ3) is 3.42. The van der Waals surface area contributed by atoms with E-state index in [-0.39, 0.29) is 18.0 Å². The summed E-state index contributed by atoms with van der Waals surface area (Å²) in [4.78, 5) is 26.2. The van der Waals surface area contributed by atoms with Gasteiger partial charge in [0.1, 0.15) is 5.75 Å². The summed E-state index contributed by atoms with van der Waals surface area (Å²) in [6, 6.07) is 14.7. The van der Waals surface area contributed by atoms with Crippen LogP contribution in [0.2, 0.25) is 0 Å². The Bertz CT molecular complexity index is 881. The molecule has 0 aliphatic heterocycles. The van der Waals surface area contributed by atoms with Crippen LogP contribution in [0.3, 0.4) is 0 Å². The molecule has 0 aliphatic carbocycles. The van der Waals surface area contributed by atoms with E-state index in [0.717, 1.165) is 11.3 Å². The number of ether oxygens (including phenoxy) is 1. The second kappa shape index (κ2) is 6.39. The maximum absolute atomic E-state index is 11.9. The average molecular weight is 311 g/mol. The van der Waals surface area contributed by atoms with Crippen molar-refractivity contribution in [2.24, 2.45) is 7.05 Å². The van der Waals surface area contributed by atoms with E-state index in [2.05, 4.69) is 10.3 Å². The number of hydrogen-bond donors (Lipinski definition) is 2. The Balaban J connectivity index is 1.58. The summed E-state index contributed by atoms with van der Waals surface area (Å²) in [5.74, 6) is 0.599. The molecule has 1 aromatic heterocycles. The molecule has 0 unspecified atom stereocenters. The summed E-state index contributed by atoms with van der Waals surface area (Å²) in [7, 11) is 1.69. The minimum Gasteiger partial charge on any atom is -0.493 e. The Hall–Kier alpha value is -3.02. The van der Waals surface area contributed by atoms with E-state index < -0.39 is 0 Å². The van der Waals surface area contributed by atoms with Crippen LogP contribution < -0.4 is 15.7 Å². The van der Waals surface area contributed by atoms with Crippen molar-refractivity contribution in [1.29, 1.82) is 0 Å². The molecule has 0 atom stereocenters. The average Bonchev–Trinajstić information content (AvgIpc) is 2.82. The summed E-state index contributed by atoms with van der Waals surface area (Å²) >= 11 is 0. The number of imidazole rings is 1. The van der Waals surface area contributed by atoms with Gasteiger partial charge in [-0.05, 0) is 30.3 Å². The smallest absolute Gasteiger partial charge is 0.326 e. The first-order valence-corrected chi connectivity index (χ1v) is 7.30. The highest BCUT2D eigenvalue weighted by molar-refractivity contribution is 5.93. The molecule has 23 heavy (non-hydrogen) atoms. The molecular formula is C17H17N3O3. The van der Waals surface area contributed by atoms with E-state index in [1.807, 2.05) is 30.3 Å². The third-order valence-electron chi connectivity index (χ3n) is 3.53. The quantitative estimate of drug-likeness (QED) is 0.759. The number of amides is 1. The topological polar surface area (TPSA) is 76.1 Å². The number of aromatic amines is 1. The highest BCUT2D eigenvalue weighted by Crippen LogP contribution is 2.16. The Labute approximate surface area is 132 Å². The Morgan fingerprint density at radius 1 is 1.22 bits per heavy atom. The zero-order valence-corrected chi connectivity index (χ0v) is 12.7. The minimum atomic E-state index is -0.181. The number of benzene rings is 2. The number of carbonyl (C=O) groups is 1. The van der Waals surface area contributed by atoms with Crippen molar-refractivity contribution in [3.05, 3.63) is 59.0 Å². The molecule has 1 heterocycles. The fourth-order valence-electron chi connectivity index (χ4n) is 2.32. The predicted octanol–water partition coefficient (Wildman–Crippen LogP) is 2.27. The predicted molar refractivity (Wildman–Crippen MR) is 88.7 cm³/mol. The molecular weight excluding hydrogens is 294 g/mol. The van der Waals surface area contributed by atoms with Gasteiger partial charge in [-0.15, -0.1) is 0 Å². The highest BCUT2D eigenvalue weighted by Gasteiger charge is 2.07. The van der Waals surface area contributed by atoms with Crippen LogP contribution in [0.15, 0.2) is 53.3 Å². The normalized spacial score (nSPS) is 10.7. The molecule has 0 saturated heterocycles. The summed E-state index contributed by atoms with van der Waals surface area (Å²) < 4.78 is 7.01. The second-order valence-corrected chi connectivity index (χ2v) is 5.18. The molecule has 2 aromatic carbocycles. The standard InChI is InChI=1S/C17H17N3O3/c1-20-15-8-7-12(11-14(15)19-17(20)22)18-16(21)9-10-23-13-5-3-2-4-6-13/h2-8,11H,9-10H2,1H3,(H,18,21)(H,19,22). The molecule has 0 saturated carbocycles. The molecule has 3 rings (SSSR count). The van der Waals surface area contributed by atoms with Crippen LogP contribution in [-0.2, 0) is 11.8 Å². The minimum absolute atomic E-state index is 0.140. The van der Waals surface area contributed by atoms with Gasteiger partial charge in [-0.3, -0.25) is 9.36 Å². The number of nitrogens with zero attached hydrogens (tertiary/aromatic N) is 1. The number of aryl methyl sites for hydroxylation is 1. The van der Waals surface area contributed by atoms with E-state index >= 15 is 0 Å². The molecule has 3 aromatic rings. The van der Waals surface area contributed by atoms with Gasteiger partial charge in [0.05, 0.1) is 24.1 Å². The maximum Gasteiger partial charge on any atom is 0.326 e. The number of nitrogens with one attached hydrogen (secondary N) is 2. The number of rotatable bonds is 5. The van der Waals surface area contributed by atoms with Gasteiger partial charge in [0.25, 0.3) is 0 Å². The molecule has 2 N–H and O–H groups in total. The molecule has 6 heteroatoms. The van der Waals surface area contributed by atoms with Gasteiger partial charge in [0.2, 0.25) is 5.91 Å². The van der Waals surface area contributed by atoms with Gasteiger partial charge in [-0.25, -0.2) is 4.79 Å². The lowest BCUT2D eigenvalue weighted by Gasteiger charge is -2.07. The lowest BCUT2D eigenvalue weighted by Crippen LogP contribution is -2.15. The van der Waals surface area contributed by atoms with Crippen LogP contribution in [-0.4, -0.2) is 22.1 Å². The van der Waals surface area contributed by atoms with Gasteiger partial charge in [0.15, 0.2) is 0 Å². The van der Waals surface area contributed by atoms with Crippen LogP contribution in [0.25, 0.3) is 11.0 Å². The van der Waals surface area contributed by atoms with Gasteiger partial charge in [-0.2, -0.15) is 0 Å². The first-order valence-electron chi connectivity index (χ1n) is 7.30. The monoisotopic (exact) mass is 311 g/mol. The van der Waals surface area contributed by atoms with Crippen molar-refractivity contribution in [3.63, 3.8) is 0 Å². The van der Waals surface area contributed by atoms with Gasteiger partial charge in [0, 0.05) is 12.7 Å². The Morgan fingerprint density at radius 2 is 2.00 bits per heavy atom. The van der Waals surface area contributed by atoms with Crippen molar-refractivity contribution in [1.82, 2.24) is 9.55 Å². The molecule has 0 aliphatic rings. The number of hydrogen-bond acceptors (Lipinski definition) is 3. The first-order chi connectivity index (χ1) is 11.1. The number of para-hydroxylation sites is 1. The van der Waals surface area contributed by atoms with E-state index in [9.17, 15) is 9.59 Å². The SMILES string of the molecule is Cn1c(=O)[nH]c2cc(NC(=O)CCOc3ccccc3)ccc21. The van der Waals surface area contributed by atoms with Crippen molar-refractivity contribution in [2.45, 2.75) is 6.42 Å². The Kier molecular flexibility index (Phi) is 4.14. The van der Waals surface area contributed by atoms with Crippen LogP contribution in [0.1, 0.15) is 6.42 Å². The largest absolute Gasteiger partial charge is 0.493 e. The summed E-state index contributed by atoms with van der Waals surface area (Å²) in [5.41, 5.74) is 1.94. The number of H-pyrrole nitrogens is 1. The summed E-state index contributed by atoms with van der Waals surface area (Å²) in [5, 5.41) is 2.80. The molecule has 0 bridgehead atoms. The maximum atomic E-state index is 11.9. The van der Waals surface area contributed by atoms with Crippen LogP contribution >= 0.6 is 0 Å².